The van der Waals surface area contributed by atoms with Gasteiger partial charge in [-0.1, -0.05) is 32.0 Å². The zero-order valence-electron chi connectivity index (χ0n) is 10.3. The number of aromatic nitrogens is 1. The number of benzene rings is 1. The van der Waals surface area contributed by atoms with Crippen LogP contribution in [-0.4, -0.2) is 17.9 Å². The van der Waals surface area contributed by atoms with Crippen LogP contribution in [0.15, 0.2) is 30.3 Å². The predicted octanol–water partition coefficient (Wildman–Crippen LogP) is 2.72. The minimum atomic E-state index is -0.0769. The maximum Gasteiger partial charge on any atom is 0.252 e. The van der Waals surface area contributed by atoms with Gasteiger partial charge >= 0.3 is 0 Å². The zero-order valence-corrected chi connectivity index (χ0v) is 10.3. The SMILES string of the molecule is CNC(=O)c1cc2ccccc2nc1C(C)C. The molecule has 88 valence electrons. The minimum absolute atomic E-state index is 0.0769. The smallest absolute Gasteiger partial charge is 0.252 e. The van der Waals surface area contributed by atoms with E-state index in [-0.39, 0.29) is 11.8 Å². The quantitative estimate of drug-likeness (QED) is 0.858. The number of carbonyl (C=O) groups is 1. The van der Waals surface area contributed by atoms with E-state index in [4.69, 9.17) is 0 Å². The van der Waals surface area contributed by atoms with Gasteiger partial charge in [-0.15, -0.1) is 0 Å². The summed E-state index contributed by atoms with van der Waals surface area (Å²) in [6, 6.07) is 9.76. The first kappa shape index (κ1) is 11.6. The fourth-order valence-electron chi connectivity index (χ4n) is 1.89. The highest BCUT2D eigenvalue weighted by molar-refractivity contribution is 5.98. The van der Waals surface area contributed by atoms with E-state index in [0.29, 0.717) is 5.56 Å². The topological polar surface area (TPSA) is 42.0 Å². The average Bonchev–Trinajstić information content (AvgIpc) is 2.36. The van der Waals surface area contributed by atoms with E-state index < -0.39 is 0 Å². The summed E-state index contributed by atoms with van der Waals surface area (Å²) in [6.45, 7) is 4.09. The molecule has 0 saturated heterocycles. The van der Waals surface area contributed by atoms with Crippen LogP contribution < -0.4 is 5.32 Å². The molecule has 1 aromatic carbocycles. The summed E-state index contributed by atoms with van der Waals surface area (Å²) in [5, 5.41) is 3.66. The van der Waals surface area contributed by atoms with Gasteiger partial charge in [0.25, 0.3) is 5.91 Å². The van der Waals surface area contributed by atoms with Crippen LogP contribution >= 0.6 is 0 Å². The van der Waals surface area contributed by atoms with Crippen molar-refractivity contribution in [3.8, 4) is 0 Å². The van der Waals surface area contributed by atoms with Crippen molar-refractivity contribution < 1.29 is 4.79 Å². The third kappa shape index (κ3) is 2.13. The molecule has 0 aliphatic rings. The van der Waals surface area contributed by atoms with Crippen molar-refractivity contribution in [3.05, 3.63) is 41.6 Å². The highest BCUT2D eigenvalue weighted by atomic mass is 16.1. The van der Waals surface area contributed by atoms with Crippen molar-refractivity contribution >= 4 is 16.8 Å². The first-order valence-electron chi connectivity index (χ1n) is 5.75. The van der Waals surface area contributed by atoms with Crippen LogP contribution in [0.25, 0.3) is 10.9 Å². The summed E-state index contributed by atoms with van der Waals surface area (Å²) >= 11 is 0. The van der Waals surface area contributed by atoms with Gasteiger partial charge in [0.05, 0.1) is 16.8 Å². The molecule has 2 aromatic rings. The molecule has 0 unspecified atom stereocenters. The lowest BCUT2D eigenvalue weighted by Gasteiger charge is -2.12. The lowest BCUT2D eigenvalue weighted by molar-refractivity contribution is 0.0961. The Kier molecular flexibility index (Phi) is 3.09. The molecule has 3 nitrogen and oxygen atoms in total. The van der Waals surface area contributed by atoms with Crippen molar-refractivity contribution in [2.75, 3.05) is 7.05 Å². The Bertz CT molecular complexity index is 561. The number of para-hydroxylation sites is 1. The van der Waals surface area contributed by atoms with E-state index in [1.165, 1.54) is 0 Å². The van der Waals surface area contributed by atoms with E-state index in [2.05, 4.69) is 10.3 Å². The van der Waals surface area contributed by atoms with E-state index in [1.54, 1.807) is 7.05 Å². The van der Waals surface area contributed by atoms with Crippen LogP contribution in [0.3, 0.4) is 0 Å². The average molecular weight is 228 g/mol. The molecule has 0 bridgehead atoms. The van der Waals surface area contributed by atoms with Gasteiger partial charge in [0.1, 0.15) is 0 Å². The van der Waals surface area contributed by atoms with Crippen LogP contribution in [0.4, 0.5) is 0 Å². The number of hydrogen-bond donors (Lipinski definition) is 1. The van der Waals surface area contributed by atoms with Gasteiger partial charge in [-0.05, 0) is 18.1 Å². The number of nitrogens with zero attached hydrogens (tertiary/aromatic N) is 1. The van der Waals surface area contributed by atoms with Crippen LogP contribution in [0, 0.1) is 0 Å². The fraction of sp³-hybridized carbons (Fsp3) is 0.286. The molecule has 1 heterocycles. The van der Waals surface area contributed by atoms with Gasteiger partial charge in [-0.3, -0.25) is 9.78 Å². The van der Waals surface area contributed by atoms with Crippen molar-refractivity contribution in [1.29, 1.82) is 0 Å². The minimum Gasteiger partial charge on any atom is -0.355 e. The number of amides is 1. The second-order valence-electron chi connectivity index (χ2n) is 4.35. The third-order valence-corrected chi connectivity index (χ3v) is 2.77. The molecule has 3 heteroatoms. The molecule has 17 heavy (non-hydrogen) atoms. The van der Waals surface area contributed by atoms with Crippen molar-refractivity contribution in [3.63, 3.8) is 0 Å². The molecule has 1 N–H and O–H groups in total. The normalized spacial score (nSPS) is 10.8. The Morgan fingerprint density at radius 2 is 2.00 bits per heavy atom. The lowest BCUT2D eigenvalue weighted by atomic mass is 10.0. The maximum atomic E-state index is 11.8. The van der Waals surface area contributed by atoms with Crippen molar-refractivity contribution in [1.82, 2.24) is 10.3 Å². The second kappa shape index (κ2) is 4.53. The van der Waals surface area contributed by atoms with Crippen LogP contribution in [-0.2, 0) is 0 Å². The Hall–Kier alpha value is -1.90. The molecule has 0 radical (unpaired) electrons. The lowest BCUT2D eigenvalue weighted by Crippen LogP contribution is -2.20. The number of rotatable bonds is 2. The summed E-state index contributed by atoms with van der Waals surface area (Å²) < 4.78 is 0. The predicted molar refractivity (Wildman–Crippen MR) is 69.2 cm³/mol. The first-order valence-corrected chi connectivity index (χ1v) is 5.75. The molecule has 0 atom stereocenters. The van der Waals surface area contributed by atoms with E-state index in [0.717, 1.165) is 16.6 Å². The molecular weight excluding hydrogens is 212 g/mol. The van der Waals surface area contributed by atoms with Gasteiger partial charge in [0.2, 0.25) is 0 Å². The van der Waals surface area contributed by atoms with E-state index >= 15 is 0 Å². The highest BCUT2D eigenvalue weighted by Gasteiger charge is 2.15. The number of hydrogen-bond acceptors (Lipinski definition) is 2. The number of nitrogens with one attached hydrogen (secondary N) is 1. The summed E-state index contributed by atoms with van der Waals surface area (Å²) in [5.74, 6) is 0.152. The Morgan fingerprint density at radius 1 is 1.29 bits per heavy atom. The third-order valence-electron chi connectivity index (χ3n) is 2.77. The van der Waals surface area contributed by atoms with E-state index in [1.807, 2.05) is 44.2 Å². The molecule has 0 aliphatic heterocycles. The summed E-state index contributed by atoms with van der Waals surface area (Å²) in [4.78, 5) is 16.4. The van der Waals surface area contributed by atoms with Gasteiger partial charge in [-0.2, -0.15) is 0 Å². The molecule has 0 fully saturated rings. The summed E-state index contributed by atoms with van der Waals surface area (Å²) in [5.41, 5.74) is 2.45. The van der Waals surface area contributed by atoms with Crippen molar-refractivity contribution in [2.45, 2.75) is 19.8 Å². The Balaban J connectivity index is 2.70. The largest absolute Gasteiger partial charge is 0.355 e. The molecule has 0 aliphatic carbocycles. The fourth-order valence-corrected chi connectivity index (χ4v) is 1.89. The van der Waals surface area contributed by atoms with Gasteiger partial charge in [-0.25, -0.2) is 0 Å². The Morgan fingerprint density at radius 3 is 2.65 bits per heavy atom. The summed E-state index contributed by atoms with van der Waals surface area (Å²) in [7, 11) is 1.64. The Labute approximate surface area is 101 Å². The second-order valence-corrected chi connectivity index (χ2v) is 4.35. The van der Waals surface area contributed by atoms with Crippen LogP contribution in [0.5, 0.6) is 0 Å². The molecular formula is C14H16N2O. The molecule has 2 rings (SSSR count). The molecule has 1 amide bonds. The molecule has 1 aromatic heterocycles. The van der Waals surface area contributed by atoms with Gasteiger partial charge in [0, 0.05) is 12.4 Å². The monoisotopic (exact) mass is 228 g/mol. The van der Waals surface area contributed by atoms with Crippen LogP contribution in [0.1, 0.15) is 35.8 Å². The number of pyridine rings is 1. The van der Waals surface area contributed by atoms with E-state index in [9.17, 15) is 4.79 Å². The standard InChI is InChI=1S/C14H16N2O/c1-9(2)13-11(14(17)15-3)8-10-6-4-5-7-12(10)16-13/h4-9H,1-3H3,(H,15,17). The first-order chi connectivity index (χ1) is 8.13. The number of fused-ring (bicyclic) bond motifs is 1. The number of carbonyl (C=O) groups excluding carboxylic acids is 1. The molecule has 0 spiro atoms. The van der Waals surface area contributed by atoms with Crippen LogP contribution in [0.2, 0.25) is 0 Å². The highest BCUT2D eigenvalue weighted by Crippen LogP contribution is 2.22. The van der Waals surface area contributed by atoms with Gasteiger partial charge in [0.15, 0.2) is 0 Å². The van der Waals surface area contributed by atoms with Gasteiger partial charge < -0.3 is 5.32 Å². The summed E-state index contributed by atoms with van der Waals surface area (Å²) in [6.07, 6.45) is 0. The van der Waals surface area contributed by atoms with Crippen molar-refractivity contribution in [2.24, 2.45) is 0 Å². The zero-order chi connectivity index (χ0) is 12.4. The maximum absolute atomic E-state index is 11.8. The molecule has 0 saturated carbocycles.